The molecular formula is C24H22N6O. The SMILES string of the molecule is C[C@H]1C[C@H](Cn2ncc3cc(-c4cn[nH]c4)ccc32)CN1C(=O)c1ccccc1C#N. The van der Waals surface area contributed by atoms with Gasteiger partial charge in [0.05, 0.1) is 35.1 Å². The number of aromatic amines is 1. The average Bonchev–Trinajstić information content (AvgIpc) is 3.54. The van der Waals surface area contributed by atoms with E-state index in [0.29, 0.717) is 23.6 Å². The van der Waals surface area contributed by atoms with Gasteiger partial charge in [-0.3, -0.25) is 14.6 Å². The molecule has 3 heterocycles. The zero-order valence-corrected chi connectivity index (χ0v) is 17.2. The number of nitrogens with one attached hydrogen (secondary N) is 1. The summed E-state index contributed by atoms with van der Waals surface area (Å²) < 4.78 is 2.03. The van der Waals surface area contributed by atoms with Gasteiger partial charge in [0.25, 0.3) is 5.91 Å². The second-order valence-electron chi connectivity index (χ2n) is 8.15. The molecule has 0 aliphatic carbocycles. The molecule has 7 nitrogen and oxygen atoms in total. The first-order valence-electron chi connectivity index (χ1n) is 10.4. The van der Waals surface area contributed by atoms with E-state index in [4.69, 9.17) is 0 Å². The van der Waals surface area contributed by atoms with E-state index in [-0.39, 0.29) is 11.9 Å². The number of likely N-dealkylation sites (tertiary alicyclic amines) is 1. The Morgan fingerprint density at radius 3 is 2.90 bits per heavy atom. The van der Waals surface area contributed by atoms with Gasteiger partial charge in [-0.15, -0.1) is 0 Å². The molecule has 0 radical (unpaired) electrons. The Morgan fingerprint density at radius 2 is 2.10 bits per heavy atom. The first-order chi connectivity index (χ1) is 15.1. The molecule has 0 unspecified atom stereocenters. The van der Waals surface area contributed by atoms with Crippen LogP contribution in [-0.2, 0) is 6.54 Å². The number of nitriles is 1. The van der Waals surface area contributed by atoms with Crippen molar-refractivity contribution in [3.8, 4) is 17.2 Å². The van der Waals surface area contributed by atoms with Gasteiger partial charge < -0.3 is 4.90 Å². The standard InChI is InChI=1S/C24H22N6O/c1-16-8-17(14-29(16)24(31)22-5-3-2-4-19(22)10-25)15-30-23-7-6-18(9-20(23)13-28-30)21-11-26-27-12-21/h2-7,9,11-13,16-17H,8,14-15H2,1H3,(H,26,27)/t16-,17-/m0/s1. The van der Waals surface area contributed by atoms with Gasteiger partial charge in [0.1, 0.15) is 0 Å². The lowest BCUT2D eigenvalue weighted by Crippen LogP contribution is -2.34. The minimum absolute atomic E-state index is 0.0674. The number of amides is 1. The summed E-state index contributed by atoms with van der Waals surface area (Å²) >= 11 is 0. The van der Waals surface area contributed by atoms with E-state index in [2.05, 4.69) is 46.5 Å². The molecule has 0 bridgehead atoms. The lowest BCUT2D eigenvalue weighted by atomic mass is 10.1. The van der Waals surface area contributed by atoms with Crippen LogP contribution in [0.3, 0.4) is 0 Å². The van der Waals surface area contributed by atoms with Crippen LogP contribution >= 0.6 is 0 Å². The van der Waals surface area contributed by atoms with Crippen LogP contribution in [0.1, 0.15) is 29.3 Å². The molecule has 4 aromatic rings. The van der Waals surface area contributed by atoms with E-state index in [1.54, 1.807) is 24.3 Å². The smallest absolute Gasteiger partial charge is 0.255 e. The maximum atomic E-state index is 13.1. The predicted molar refractivity (Wildman–Crippen MR) is 117 cm³/mol. The van der Waals surface area contributed by atoms with Crippen molar-refractivity contribution in [1.29, 1.82) is 5.26 Å². The number of carbonyl (C=O) groups excluding carboxylic acids is 1. The highest BCUT2D eigenvalue weighted by Gasteiger charge is 2.34. The number of benzene rings is 2. The van der Waals surface area contributed by atoms with E-state index in [1.165, 1.54) is 0 Å². The van der Waals surface area contributed by atoms with E-state index in [9.17, 15) is 10.1 Å². The van der Waals surface area contributed by atoms with Crippen molar-refractivity contribution in [2.45, 2.75) is 25.9 Å². The van der Waals surface area contributed by atoms with Gasteiger partial charge in [0.2, 0.25) is 0 Å². The maximum Gasteiger partial charge on any atom is 0.255 e. The molecule has 5 rings (SSSR count). The van der Waals surface area contributed by atoms with Crippen molar-refractivity contribution in [1.82, 2.24) is 24.9 Å². The number of carbonyl (C=O) groups is 1. The van der Waals surface area contributed by atoms with Gasteiger partial charge in [-0.25, -0.2) is 0 Å². The molecule has 2 aromatic heterocycles. The Balaban J connectivity index is 1.34. The average molecular weight is 410 g/mol. The zero-order chi connectivity index (χ0) is 21.4. The van der Waals surface area contributed by atoms with Crippen LogP contribution < -0.4 is 0 Å². The van der Waals surface area contributed by atoms with Crippen LogP contribution in [-0.4, -0.2) is 43.4 Å². The van der Waals surface area contributed by atoms with Crippen molar-refractivity contribution in [2.24, 2.45) is 5.92 Å². The summed E-state index contributed by atoms with van der Waals surface area (Å²) in [7, 11) is 0. The fourth-order valence-electron chi connectivity index (χ4n) is 4.54. The summed E-state index contributed by atoms with van der Waals surface area (Å²) in [5.74, 6) is 0.243. The fraction of sp³-hybridized carbons (Fsp3) is 0.250. The number of rotatable bonds is 4. The highest BCUT2D eigenvalue weighted by atomic mass is 16.2. The summed E-state index contributed by atoms with van der Waals surface area (Å²) in [6.45, 7) is 3.49. The minimum Gasteiger partial charge on any atom is -0.336 e. The normalized spacial score (nSPS) is 18.4. The Morgan fingerprint density at radius 1 is 1.23 bits per heavy atom. The fourth-order valence-corrected chi connectivity index (χ4v) is 4.54. The van der Waals surface area contributed by atoms with E-state index >= 15 is 0 Å². The van der Waals surface area contributed by atoms with Crippen molar-refractivity contribution in [2.75, 3.05) is 6.54 Å². The minimum atomic E-state index is -0.0674. The van der Waals surface area contributed by atoms with Crippen LogP contribution in [0.4, 0.5) is 0 Å². The van der Waals surface area contributed by atoms with Gasteiger partial charge in [0, 0.05) is 36.3 Å². The van der Waals surface area contributed by atoms with Crippen molar-refractivity contribution < 1.29 is 4.79 Å². The predicted octanol–water partition coefficient (Wildman–Crippen LogP) is 3.85. The zero-order valence-electron chi connectivity index (χ0n) is 17.2. The third-order valence-electron chi connectivity index (χ3n) is 6.10. The van der Waals surface area contributed by atoms with E-state index in [1.807, 2.05) is 28.2 Å². The summed E-state index contributed by atoms with van der Waals surface area (Å²) in [6.07, 6.45) is 6.49. The van der Waals surface area contributed by atoms with Gasteiger partial charge in [0.15, 0.2) is 0 Å². The quantitative estimate of drug-likeness (QED) is 0.553. The molecule has 154 valence electrons. The number of nitrogens with zero attached hydrogens (tertiary/aromatic N) is 5. The highest BCUT2D eigenvalue weighted by Crippen LogP contribution is 2.29. The highest BCUT2D eigenvalue weighted by molar-refractivity contribution is 5.97. The lowest BCUT2D eigenvalue weighted by Gasteiger charge is -2.22. The van der Waals surface area contributed by atoms with Gasteiger partial charge in [-0.05, 0) is 49.1 Å². The Bertz CT molecular complexity index is 1280. The van der Waals surface area contributed by atoms with Crippen LogP contribution in [0.2, 0.25) is 0 Å². The molecule has 0 saturated carbocycles. The van der Waals surface area contributed by atoms with Gasteiger partial charge in [-0.2, -0.15) is 15.5 Å². The second-order valence-corrected chi connectivity index (χ2v) is 8.15. The molecule has 7 heteroatoms. The molecule has 2 aromatic carbocycles. The van der Waals surface area contributed by atoms with E-state index < -0.39 is 0 Å². The molecule has 1 N–H and O–H groups in total. The summed E-state index contributed by atoms with van der Waals surface area (Å²) in [5.41, 5.74) is 4.14. The van der Waals surface area contributed by atoms with Crippen LogP contribution in [0, 0.1) is 17.2 Å². The molecule has 1 aliphatic heterocycles. The number of hydrogen-bond donors (Lipinski definition) is 1. The Kier molecular flexibility index (Phi) is 4.75. The van der Waals surface area contributed by atoms with Gasteiger partial charge >= 0.3 is 0 Å². The molecule has 1 amide bonds. The Labute approximate surface area is 179 Å². The third kappa shape index (κ3) is 3.46. The summed E-state index contributed by atoms with van der Waals surface area (Å²) in [6, 6.07) is 15.6. The van der Waals surface area contributed by atoms with Crippen molar-refractivity contribution >= 4 is 16.8 Å². The number of H-pyrrole nitrogens is 1. The molecule has 31 heavy (non-hydrogen) atoms. The van der Waals surface area contributed by atoms with Crippen molar-refractivity contribution in [3.05, 3.63) is 72.2 Å². The molecule has 1 fully saturated rings. The van der Waals surface area contributed by atoms with Crippen molar-refractivity contribution in [3.63, 3.8) is 0 Å². The number of fused-ring (bicyclic) bond motifs is 1. The topological polar surface area (TPSA) is 90.6 Å². The third-order valence-corrected chi connectivity index (χ3v) is 6.10. The van der Waals surface area contributed by atoms with Gasteiger partial charge in [-0.1, -0.05) is 18.2 Å². The van der Waals surface area contributed by atoms with Crippen LogP contribution in [0.15, 0.2) is 61.1 Å². The molecule has 1 saturated heterocycles. The van der Waals surface area contributed by atoms with Crippen LogP contribution in [0.5, 0.6) is 0 Å². The summed E-state index contributed by atoms with van der Waals surface area (Å²) in [4.78, 5) is 15.0. The summed E-state index contributed by atoms with van der Waals surface area (Å²) in [5, 5.41) is 21.9. The van der Waals surface area contributed by atoms with Crippen LogP contribution in [0.25, 0.3) is 22.0 Å². The molecular weight excluding hydrogens is 388 g/mol. The Hall–Kier alpha value is -3.92. The lowest BCUT2D eigenvalue weighted by molar-refractivity contribution is 0.0741. The molecule has 0 spiro atoms. The largest absolute Gasteiger partial charge is 0.336 e. The number of hydrogen-bond acceptors (Lipinski definition) is 4. The molecule has 2 atom stereocenters. The first-order valence-corrected chi connectivity index (χ1v) is 10.4. The monoisotopic (exact) mass is 410 g/mol. The first kappa shape index (κ1) is 19.1. The second kappa shape index (κ2) is 7.73. The number of aromatic nitrogens is 4. The molecule has 1 aliphatic rings. The van der Waals surface area contributed by atoms with E-state index in [0.717, 1.165) is 35.0 Å². The maximum absolute atomic E-state index is 13.1.